The van der Waals surface area contributed by atoms with Gasteiger partial charge in [0.05, 0.1) is 6.33 Å². The molecule has 24 heavy (non-hydrogen) atoms. The molecule has 0 unspecified atom stereocenters. The van der Waals surface area contributed by atoms with Crippen LogP contribution in [0.25, 0.3) is 11.2 Å². The van der Waals surface area contributed by atoms with Gasteiger partial charge in [0.2, 0.25) is 0 Å². The Hall–Kier alpha value is -2.75. The van der Waals surface area contributed by atoms with Crippen LogP contribution < -0.4 is 5.73 Å². The molecule has 2 aromatic heterocycles. The molecular weight excluding hydrogens is 318 g/mol. The van der Waals surface area contributed by atoms with E-state index < -0.39 is 30.4 Å². The highest BCUT2D eigenvalue weighted by Crippen LogP contribution is 2.33. The van der Waals surface area contributed by atoms with Crippen molar-refractivity contribution in [1.82, 2.24) is 19.5 Å². The number of anilines is 1. The SMILES string of the molecule is CC(=O)OC[C@@H]1O[C@@H](n2cnc3c(N)ncnc32)C[C@@H]1OC(C)=O. The van der Waals surface area contributed by atoms with Gasteiger partial charge in [-0.3, -0.25) is 14.2 Å². The molecule has 10 nitrogen and oxygen atoms in total. The number of imidazole rings is 1. The van der Waals surface area contributed by atoms with Crippen molar-refractivity contribution in [2.24, 2.45) is 0 Å². The van der Waals surface area contributed by atoms with Crippen molar-refractivity contribution in [3.8, 4) is 0 Å². The molecule has 0 bridgehead atoms. The second kappa shape index (κ2) is 6.40. The van der Waals surface area contributed by atoms with E-state index in [1.54, 1.807) is 10.9 Å². The van der Waals surface area contributed by atoms with E-state index >= 15 is 0 Å². The number of carbonyl (C=O) groups excluding carboxylic acids is 2. The van der Waals surface area contributed by atoms with E-state index in [2.05, 4.69) is 15.0 Å². The topological polar surface area (TPSA) is 131 Å². The van der Waals surface area contributed by atoms with Crippen LogP contribution in [0.2, 0.25) is 0 Å². The van der Waals surface area contributed by atoms with Crippen LogP contribution >= 0.6 is 0 Å². The fourth-order valence-electron chi connectivity index (χ4n) is 2.64. The summed E-state index contributed by atoms with van der Waals surface area (Å²) in [5.74, 6) is -0.596. The molecule has 0 saturated carbocycles. The number of esters is 2. The van der Waals surface area contributed by atoms with Gasteiger partial charge in [0, 0.05) is 20.3 Å². The average Bonchev–Trinajstić information content (AvgIpc) is 3.09. The van der Waals surface area contributed by atoms with Gasteiger partial charge in [-0.1, -0.05) is 0 Å². The summed E-state index contributed by atoms with van der Waals surface area (Å²) in [6.45, 7) is 2.61. The predicted molar refractivity (Wildman–Crippen MR) is 80.4 cm³/mol. The zero-order valence-electron chi connectivity index (χ0n) is 13.2. The first-order valence-electron chi connectivity index (χ1n) is 7.34. The minimum atomic E-state index is -0.570. The molecule has 1 aliphatic heterocycles. The summed E-state index contributed by atoms with van der Waals surface area (Å²) < 4.78 is 17.8. The lowest BCUT2D eigenvalue weighted by Gasteiger charge is -2.17. The van der Waals surface area contributed by atoms with Crippen molar-refractivity contribution in [2.45, 2.75) is 38.7 Å². The molecular formula is C14H17N5O5. The second-order valence-electron chi connectivity index (χ2n) is 5.40. The molecule has 1 fully saturated rings. The summed E-state index contributed by atoms with van der Waals surface area (Å²) in [4.78, 5) is 34.6. The maximum Gasteiger partial charge on any atom is 0.303 e. The molecule has 1 aliphatic rings. The Morgan fingerprint density at radius 1 is 1.33 bits per heavy atom. The highest BCUT2D eigenvalue weighted by atomic mass is 16.6. The highest BCUT2D eigenvalue weighted by molar-refractivity contribution is 5.81. The third kappa shape index (κ3) is 3.13. The van der Waals surface area contributed by atoms with Gasteiger partial charge in [-0.25, -0.2) is 15.0 Å². The minimum absolute atomic E-state index is 0.00642. The quantitative estimate of drug-likeness (QED) is 0.777. The fourth-order valence-corrected chi connectivity index (χ4v) is 2.64. The van der Waals surface area contributed by atoms with Crippen LogP contribution in [0.4, 0.5) is 5.82 Å². The maximum atomic E-state index is 11.3. The summed E-state index contributed by atoms with van der Waals surface area (Å²) in [5.41, 5.74) is 6.76. The third-order valence-electron chi connectivity index (χ3n) is 3.65. The first kappa shape index (κ1) is 16.1. The third-order valence-corrected chi connectivity index (χ3v) is 3.65. The van der Waals surface area contributed by atoms with E-state index in [1.165, 1.54) is 20.2 Å². The van der Waals surface area contributed by atoms with Crippen LogP contribution in [0.1, 0.15) is 26.5 Å². The number of nitrogens with two attached hydrogens (primary N) is 1. The van der Waals surface area contributed by atoms with Gasteiger partial charge < -0.3 is 19.9 Å². The van der Waals surface area contributed by atoms with E-state index in [0.717, 1.165) is 0 Å². The van der Waals surface area contributed by atoms with Gasteiger partial charge in [-0.15, -0.1) is 0 Å². The molecule has 2 N–H and O–H groups in total. The molecule has 0 aliphatic carbocycles. The van der Waals surface area contributed by atoms with E-state index in [4.69, 9.17) is 19.9 Å². The Kier molecular flexibility index (Phi) is 4.30. The Labute approximate surface area is 136 Å². The number of fused-ring (bicyclic) bond motifs is 1. The molecule has 3 atom stereocenters. The smallest absolute Gasteiger partial charge is 0.303 e. The standard InChI is InChI=1S/C14H17N5O5/c1-7(20)22-4-10-9(23-8(2)21)3-11(24-10)19-6-18-12-13(15)16-5-17-14(12)19/h5-6,9-11H,3-4H2,1-2H3,(H2,15,16,17)/t9-,10-,11+/m0/s1. The number of hydrogen-bond acceptors (Lipinski definition) is 9. The fraction of sp³-hybridized carbons (Fsp3) is 0.500. The van der Waals surface area contributed by atoms with Gasteiger partial charge in [-0.05, 0) is 0 Å². The van der Waals surface area contributed by atoms with Crippen molar-refractivity contribution in [2.75, 3.05) is 12.3 Å². The molecule has 10 heteroatoms. The Balaban J connectivity index is 1.84. The number of nitrogens with zero attached hydrogens (tertiary/aromatic N) is 4. The van der Waals surface area contributed by atoms with Gasteiger partial charge in [0.25, 0.3) is 0 Å². The molecule has 0 spiro atoms. The van der Waals surface area contributed by atoms with Crippen molar-refractivity contribution < 1.29 is 23.8 Å². The minimum Gasteiger partial charge on any atom is -0.463 e. The van der Waals surface area contributed by atoms with Gasteiger partial charge in [0.1, 0.15) is 36.9 Å². The first-order chi connectivity index (χ1) is 11.5. The van der Waals surface area contributed by atoms with Crippen molar-refractivity contribution in [3.63, 3.8) is 0 Å². The lowest BCUT2D eigenvalue weighted by Crippen LogP contribution is -2.31. The van der Waals surface area contributed by atoms with E-state index in [1.807, 2.05) is 0 Å². The summed E-state index contributed by atoms with van der Waals surface area (Å²) in [5, 5.41) is 0. The van der Waals surface area contributed by atoms with Crippen molar-refractivity contribution in [1.29, 1.82) is 0 Å². The summed E-state index contributed by atoms with van der Waals surface area (Å²) in [6.07, 6.45) is 1.67. The van der Waals surface area contributed by atoms with Gasteiger partial charge in [0.15, 0.2) is 11.5 Å². The zero-order valence-corrected chi connectivity index (χ0v) is 13.2. The van der Waals surface area contributed by atoms with E-state index in [-0.39, 0.29) is 12.4 Å². The monoisotopic (exact) mass is 335 g/mol. The van der Waals surface area contributed by atoms with Crippen LogP contribution in [0.15, 0.2) is 12.7 Å². The Morgan fingerprint density at radius 2 is 2.12 bits per heavy atom. The number of ether oxygens (including phenoxy) is 3. The molecule has 1 saturated heterocycles. The second-order valence-corrected chi connectivity index (χ2v) is 5.40. The predicted octanol–water partition coefficient (Wildman–Crippen LogP) is 0.191. The van der Waals surface area contributed by atoms with Crippen LogP contribution in [0, 0.1) is 0 Å². The molecule has 3 rings (SSSR count). The summed E-state index contributed by atoms with van der Waals surface area (Å²) in [7, 11) is 0. The van der Waals surface area contributed by atoms with Crippen molar-refractivity contribution >= 4 is 28.9 Å². The molecule has 0 amide bonds. The van der Waals surface area contributed by atoms with Crippen LogP contribution in [0.5, 0.6) is 0 Å². The van der Waals surface area contributed by atoms with E-state index in [0.29, 0.717) is 17.6 Å². The molecule has 3 heterocycles. The number of hydrogen-bond donors (Lipinski definition) is 1. The lowest BCUT2D eigenvalue weighted by molar-refractivity contribution is -0.155. The number of nitrogen functional groups attached to an aromatic ring is 1. The van der Waals surface area contributed by atoms with Crippen molar-refractivity contribution in [3.05, 3.63) is 12.7 Å². The average molecular weight is 335 g/mol. The lowest BCUT2D eigenvalue weighted by atomic mass is 10.2. The number of carbonyl (C=O) groups is 2. The number of rotatable bonds is 4. The normalized spacial score (nSPS) is 23.3. The molecule has 0 radical (unpaired) electrons. The highest BCUT2D eigenvalue weighted by Gasteiger charge is 2.39. The zero-order chi connectivity index (χ0) is 17.3. The maximum absolute atomic E-state index is 11.3. The Bertz CT molecular complexity index is 776. The van der Waals surface area contributed by atoms with Gasteiger partial charge >= 0.3 is 11.9 Å². The molecule has 2 aromatic rings. The van der Waals surface area contributed by atoms with Crippen LogP contribution in [-0.2, 0) is 23.8 Å². The molecule has 128 valence electrons. The number of aromatic nitrogens is 4. The molecule has 0 aromatic carbocycles. The van der Waals surface area contributed by atoms with E-state index in [9.17, 15) is 9.59 Å². The first-order valence-corrected chi connectivity index (χ1v) is 7.34. The van der Waals surface area contributed by atoms with Crippen LogP contribution in [0.3, 0.4) is 0 Å². The Morgan fingerprint density at radius 3 is 2.83 bits per heavy atom. The summed E-state index contributed by atoms with van der Waals surface area (Å²) in [6, 6.07) is 0. The van der Waals surface area contributed by atoms with Gasteiger partial charge in [-0.2, -0.15) is 0 Å². The van der Waals surface area contributed by atoms with Crippen LogP contribution in [-0.4, -0.2) is 50.3 Å². The largest absolute Gasteiger partial charge is 0.463 e. The summed E-state index contributed by atoms with van der Waals surface area (Å²) >= 11 is 0.